The molecule has 5 heteroatoms. The molecule has 0 bridgehead atoms. The summed E-state index contributed by atoms with van der Waals surface area (Å²) in [5.74, 6) is 0.563. The Morgan fingerprint density at radius 2 is 2.33 bits per heavy atom. The summed E-state index contributed by atoms with van der Waals surface area (Å²) >= 11 is 1.52. The van der Waals surface area contributed by atoms with Gasteiger partial charge in [0.2, 0.25) is 5.91 Å². The standard InChI is InChI=1S/C13H15N3OS/c14-8-11-2-1-7-16(9-11)13(17)10-18-12-3-5-15-6-4-12/h3-6,11H,1-2,7,9-10H2/t11-/m1/s1. The van der Waals surface area contributed by atoms with Crippen LogP contribution in [0.2, 0.25) is 0 Å². The molecule has 0 aliphatic carbocycles. The van der Waals surface area contributed by atoms with Crippen molar-refractivity contribution < 1.29 is 4.79 Å². The molecule has 18 heavy (non-hydrogen) atoms. The highest BCUT2D eigenvalue weighted by Gasteiger charge is 2.23. The Bertz CT molecular complexity index is 443. The fraction of sp³-hybridized carbons (Fsp3) is 0.462. The number of likely N-dealkylation sites (tertiary alicyclic amines) is 1. The second-order valence-electron chi connectivity index (χ2n) is 4.28. The summed E-state index contributed by atoms with van der Waals surface area (Å²) in [6.45, 7) is 1.38. The molecule has 1 fully saturated rings. The Labute approximate surface area is 111 Å². The molecule has 1 amide bonds. The van der Waals surface area contributed by atoms with E-state index in [1.165, 1.54) is 11.8 Å². The topological polar surface area (TPSA) is 57.0 Å². The van der Waals surface area contributed by atoms with E-state index < -0.39 is 0 Å². The molecule has 1 aliphatic heterocycles. The van der Waals surface area contributed by atoms with Crippen molar-refractivity contribution in [2.75, 3.05) is 18.8 Å². The van der Waals surface area contributed by atoms with E-state index in [4.69, 9.17) is 5.26 Å². The van der Waals surface area contributed by atoms with Crippen LogP contribution in [0.4, 0.5) is 0 Å². The van der Waals surface area contributed by atoms with E-state index in [-0.39, 0.29) is 11.8 Å². The molecule has 94 valence electrons. The zero-order valence-corrected chi connectivity index (χ0v) is 10.9. The monoisotopic (exact) mass is 261 g/mol. The minimum absolute atomic E-state index is 0.00799. The zero-order valence-electron chi connectivity index (χ0n) is 10.1. The molecule has 0 saturated carbocycles. The lowest BCUT2D eigenvalue weighted by Crippen LogP contribution is -2.40. The first-order valence-electron chi connectivity index (χ1n) is 6.00. The average molecular weight is 261 g/mol. The average Bonchev–Trinajstić information content (AvgIpc) is 2.46. The third-order valence-electron chi connectivity index (χ3n) is 2.97. The summed E-state index contributed by atoms with van der Waals surface area (Å²) in [6.07, 6.45) is 5.29. The van der Waals surface area contributed by atoms with Crippen LogP contribution in [0.25, 0.3) is 0 Å². The van der Waals surface area contributed by atoms with Gasteiger partial charge in [0.1, 0.15) is 0 Å². The molecular formula is C13H15N3OS. The quantitative estimate of drug-likeness (QED) is 0.780. The van der Waals surface area contributed by atoms with Crippen LogP contribution in [0.1, 0.15) is 12.8 Å². The lowest BCUT2D eigenvalue weighted by Gasteiger charge is -2.29. The van der Waals surface area contributed by atoms with E-state index in [1.807, 2.05) is 17.0 Å². The molecule has 1 aromatic heterocycles. The van der Waals surface area contributed by atoms with Gasteiger partial charge in [0.25, 0.3) is 0 Å². The van der Waals surface area contributed by atoms with Crippen LogP contribution in [0.15, 0.2) is 29.4 Å². The summed E-state index contributed by atoms with van der Waals surface area (Å²) in [7, 11) is 0. The van der Waals surface area contributed by atoms with Crippen molar-refractivity contribution in [2.24, 2.45) is 5.92 Å². The molecule has 0 N–H and O–H groups in total. The number of hydrogen-bond acceptors (Lipinski definition) is 4. The van der Waals surface area contributed by atoms with E-state index in [9.17, 15) is 4.79 Å². The van der Waals surface area contributed by atoms with Crippen LogP contribution in [0.3, 0.4) is 0 Å². The predicted molar refractivity (Wildman–Crippen MR) is 69.9 cm³/mol. The van der Waals surface area contributed by atoms with Crippen molar-refractivity contribution in [1.82, 2.24) is 9.88 Å². The molecule has 1 saturated heterocycles. The molecule has 0 spiro atoms. The number of rotatable bonds is 3. The van der Waals surface area contributed by atoms with Gasteiger partial charge in [0.05, 0.1) is 17.7 Å². The lowest BCUT2D eigenvalue weighted by atomic mass is 10.00. The molecule has 0 unspecified atom stereocenters. The normalized spacial score (nSPS) is 19.3. The molecule has 1 aromatic rings. The lowest BCUT2D eigenvalue weighted by molar-refractivity contribution is -0.129. The van der Waals surface area contributed by atoms with Gasteiger partial charge in [-0.2, -0.15) is 5.26 Å². The zero-order chi connectivity index (χ0) is 12.8. The van der Waals surface area contributed by atoms with Crippen LogP contribution in [0, 0.1) is 17.2 Å². The van der Waals surface area contributed by atoms with Gasteiger partial charge in [-0.1, -0.05) is 0 Å². The highest BCUT2D eigenvalue weighted by atomic mass is 32.2. The SMILES string of the molecule is N#C[C@H]1CCCN(C(=O)CSc2ccncc2)C1. The maximum Gasteiger partial charge on any atom is 0.232 e. The predicted octanol–water partition coefficient (Wildman–Crippen LogP) is 1.94. The van der Waals surface area contributed by atoms with Crippen LogP contribution >= 0.6 is 11.8 Å². The number of aromatic nitrogens is 1. The van der Waals surface area contributed by atoms with Gasteiger partial charge in [-0.3, -0.25) is 9.78 Å². The summed E-state index contributed by atoms with van der Waals surface area (Å²) in [5, 5.41) is 8.90. The van der Waals surface area contributed by atoms with Gasteiger partial charge < -0.3 is 4.90 Å². The highest BCUT2D eigenvalue weighted by molar-refractivity contribution is 8.00. The Morgan fingerprint density at radius 3 is 3.06 bits per heavy atom. The van der Waals surface area contributed by atoms with Crippen LogP contribution in [-0.4, -0.2) is 34.6 Å². The molecule has 0 radical (unpaired) electrons. The number of thioether (sulfide) groups is 1. The second-order valence-corrected chi connectivity index (χ2v) is 5.33. The van der Waals surface area contributed by atoms with Crippen LogP contribution < -0.4 is 0 Å². The number of nitriles is 1. The second kappa shape index (κ2) is 6.41. The van der Waals surface area contributed by atoms with E-state index in [1.54, 1.807) is 12.4 Å². The first kappa shape index (κ1) is 12.9. The van der Waals surface area contributed by atoms with E-state index in [0.717, 1.165) is 24.3 Å². The number of nitrogens with zero attached hydrogens (tertiary/aromatic N) is 3. The molecule has 0 aromatic carbocycles. The van der Waals surface area contributed by atoms with Crippen LogP contribution in [0.5, 0.6) is 0 Å². The van der Waals surface area contributed by atoms with Gasteiger partial charge in [-0.05, 0) is 25.0 Å². The summed E-state index contributed by atoms with van der Waals surface area (Å²) in [4.78, 5) is 18.8. The van der Waals surface area contributed by atoms with Crippen LogP contribution in [-0.2, 0) is 4.79 Å². The van der Waals surface area contributed by atoms with E-state index in [0.29, 0.717) is 12.3 Å². The minimum atomic E-state index is 0.00799. The largest absolute Gasteiger partial charge is 0.341 e. The Kier molecular flexibility index (Phi) is 4.59. The number of pyridine rings is 1. The third kappa shape index (κ3) is 3.47. The Morgan fingerprint density at radius 1 is 1.56 bits per heavy atom. The van der Waals surface area contributed by atoms with Crippen molar-refractivity contribution in [3.63, 3.8) is 0 Å². The van der Waals surface area contributed by atoms with Crippen molar-refractivity contribution in [3.05, 3.63) is 24.5 Å². The van der Waals surface area contributed by atoms with E-state index in [2.05, 4.69) is 11.1 Å². The highest BCUT2D eigenvalue weighted by Crippen LogP contribution is 2.20. The van der Waals surface area contributed by atoms with Gasteiger partial charge in [0, 0.05) is 30.4 Å². The van der Waals surface area contributed by atoms with Crippen molar-refractivity contribution in [3.8, 4) is 6.07 Å². The molecular weight excluding hydrogens is 246 g/mol. The van der Waals surface area contributed by atoms with Crippen molar-refractivity contribution in [1.29, 1.82) is 5.26 Å². The van der Waals surface area contributed by atoms with Gasteiger partial charge in [-0.15, -0.1) is 11.8 Å². The smallest absolute Gasteiger partial charge is 0.232 e. The summed E-state index contributed by atoms with van der Waals surface area (Å²) < 4.78 is 0. The molecule has 2 heterocycles. The third-order valence-corrected chi connectivity index (χ3v) is 3.97. The van der Waals surface area contributed by atoms with Crippen molar-refractivity contribution in [2.45, 2.75) is 17.7 Å². The van der Waals surface area contributed by atoms with Crippen molar-refractivity contribution >= 4 is 17.7 Å². The summed E-state index contributed by atoms with van der Waals surface area (Å²) in [6, 6.07) is 6.04. The number of hydrogen-bond donors (Lipinski definition) is 0. The van der Waals surface area contributed by atoms with Gasteiger partial charge >= 0.3 is 0 Å². The molecule has 1 aliphatic rings. The molecule has 2 rings (SSSR count). The fourth-order valence-corrected chi connectivity index (χ4v) is 2.77. The summed E-state index contributed by atoms with van der Waals surface area (Å²) in [5.41, 5.74) is 0. The minimum Gasteiger partial charge on any atom is -0.341 e. The van der Waals surface area contributed by atoms with E-state index >= 15 is 0 Å². The Balaban J connectivity index is 1.83. The maximum absolute atomic E-state index is 12.0. The number of carbonyl (C=O) groups is 1. The molecule has 4 nitrogen and oxygen atoms in total. The number of piperidine rings is 1. The number of carbonyl (C=O) groups excluding carboxylic acids is 1. The number of amides is 1. The Hall–Kier alpha value is -1.54. The maximum atomic E-state index is 12.0. The fourth-order valence-electron chi connectivity index (χ4n) is 1.98. The van der Waals surface area contributed by atoms with Gasteiger partial charge in [-0.25, -0.2) is 0 Å². The first-order valence-corrected chi connectivity index (χ1v) is 6.98. The first-order chi connectivity index (χ1) is 8.79. The van der Waals surface area contributed by atoms with Gasteiger partial charge in [0.15, 0.2) is 0 Å². The molecule has 1 atom stereocenters.